The van der Waals surface area contributed by atoms with Crippen LogP contribution in [0, 0.1) is 11.3 Å². The average Bonchev–Trinajstić information content (AvgIpc) is 2.90. The largest absolute Gasteiger partial charge is 0.508 e. The Bertz CT molecular complexity index is 746. The second-order valence-electron chi connectivity index (χ2n) is 7.57. The lowest BCUT2D eigenvalue weighted by molar-refractivity contribution is -0.128. The lowest BCUT2D eigenvalue weighted by Gasteiger charge is -2.39. The quantitative estimate of drug-likeness (QED) is 0.830. The summed E-state index contributed by atoms with van der Waals surface area (Å²) in [5, 5.41) is 18.9. The Morgan fingerprint density at radius 3 is 2.80 bits per heavy atom. The summed E-state index contributed by atoms with van der Waals surface area (Å²) in [6, 6.07) is 5.41. The number of Topliss-reactive ketones (excluding diaryl/α,β-unsaturated/α-hetero) is 2. The number of carbonyl (C=O) groups excluding carboxylic acids is 2. The molecule has 2 aliphatic carbocycles. The van der Waals surface area contributed by atoms with Gasteiger partial charge in [0.25, 0.3) is 0 Å². The number of phenolic OH excluding ortho intramolecular Hbond substituents is 1. The SMILES string of the molecule is CCCC[C@]12Cc3cc(O)ccc3C1=C(C)C(=O)[C@@H](CC(=O)CO)C2. The van der Waals surface area contributed by atoms with Gasteiger partial charge >= 0.3 is 0 Å². The number of aromatic hydroxyl groups is 1. The lowest BCUT2D eigenvalue weighted by Crippen LogP contribution is -2.36. The molecule has 0 amide bonds. The number of aliphatic hydroxyl groups is 1. The van der Waals surface area contributed by atoms with E-state index >= 15 is 0 Å². The van der Waals surface area contributed by atoms with Crippen molar-refractivity contribution >= 4 is 17.1 Å². The van der Waals surface area contributed by atoms with E-state index in [0.717, 1.165) is 48.0 Å². The van der Waals surface area contributed by atoms with Gasteiger partial charge in [-0.1, -0.05) is 25.8 Å². The minimum absolute atomic E-state index is 0.0323. The molecular weight excluding hydrogens is 316 g/mol. The van der Waals surface area contributed by atoms with Gasteiger partial charge in [0.05, 0.1) is 0 Å². The van der Waals surface area contributed by atoms with E-state index in [0.29, 0.717) is 6.42 Å². The molecule has 2 aliphatic rings. The van der Waals surface area contributed by atoms with Crippen molar-refractivity contribution in [3.63, 3.8) is 0 Å². The molecule has 0 spiro atoms. The summed E-state index contributed by atoms with van der Waals surface area (Å²) in [5.74, 6) is -0.332. The van der Waals surface area contributed by atoms with Crippen LogP contribution in [-0.4, -0.2) is 28.4 Å². The molecule has 134 valence electrons. The predicted octanol–water partition coefficient (Wildman–Crippen LogP) is 3.44. The molecule has 3 rings (SSSR count). The Morgan fingerprint density at radius 1 is 1.36 bits per heavy atom. The van der Waals surface area contributed by atoms with Crippen LogP contribution < -0.4 is 0 Å². The van der Waals surface area contributed by atoms with Crippen molar-refractivity contribution in [2.75, 3.05) is 6.61 Å². The van der Waals surface area contributed by atoms with E-state index in [4.69, 9.17) is 5.11 Å². The van der Waals surface area contributed by atoms with Gasteiger partial charge in [0.2, 0.25) is 0 Å². The first-order valence-electron chi connectivity index (χ1n) is 9.12. The Kier molecular flexibility index (Phi) is 4.83. The highest BCUT2D eigenvalue weighted by molar-refractivity contribution is 6.08. The number of unbranched alkanes of at least 4 members (excludes halogenated alkanes) is 1. The zero-order valence-electron chi connectivity index (χ0n) is 15.0. The standard InChI is InChI=1S/C21H26O4/c1-3-4-7-21-10-14-8-16(23)5-6-18(14)19(21)13(2)20(25)15(11-21)9-17(24)12-22/h5-6,8,15,22-23H,3-4,7,9-12H2,1-2H3/t15-,21+/m0/s1. The van der Waals surface area contributed by atoms with Crippen LogP contribution in [0.25, 0.3) is 5.57 Å². The Hall–Kier alpha value is -1.94. The molecule has 0 aliphatic heterocycles. The van der Waals surface area contributed by atoms with Gasteiger partial charge < -0.3 is 10.2 Å². The molecule has 0 radical (unpaired) electrons. The molecule has 0 heterocycles. The van der Waals surface area contributed by atoms with Crippen LogP contribution >= 0.6 is 0 Å². The van der Waals surface area contributed by atoms with Crippen molar-refractivity contribution in [1.29, 1.82) is 0 Å². The summed E-state index contributed by atoms with van der Waals surface area (Å²) in [6.45, 7) is 3.52. The van der Waals surface area contributed by atoms with E-state index in [9.17, 15) is 14.7 Å². The van der Waals surface area contributed by atoms with Crippen molar-refractivity contribution in [3.8, 4) is 5.75 Å². The fraction of sp³-hybridized carbons (Fsp3) is 0.524. The van der Waals surface area contributed by atoms with Gasteiger partial charge in [-0.05, 0) is 60.6 Å². The molecular formula is C21H26O4. The van der Waals surface area contributed by atoms with Crippen molar-refractivity contribution in [3.05, 3.63) is 34.9 Å². The molecule has 0 unspecified atom stereocenters. The molecule has 25 heavy (non-hydrogen) atoms. The number of phenols is 1. The highest BCUT2D eigenvalue weighted by atomic mass is 16.3. The first-order valence-corrected chi connectivity index (χ1v) is 9.12. The Morgan fingerprint density at radius 2 is 2.12 bits per heavy atom. The van der Waals surface area contributed by atoms with Crippen molar-refractivity contribution in [2.24, 2.45) is 11.3 Å². The molecule has 0 aromatic heterocycles. The highest BCUT2D eigenvalue weighted by Crippen LogP contribution is 2.58. The molecule has 2 atom stereocenters. The minimum atomic E-state index is -0.505. The molecule has 4 nitrogen and oxygen atoms in total. The number of allylic oxidation sites excluding steroid dienone is 2. The fourth-order valence-electron chi connectivity index (χ4n) is 4.81. The van der Waals surface area contributed by atoms with E-state index in [2.05, 4.69) is 6.92 Å². The third kappa shape index (κ3) is 3.04. The number of rotatable bonds is 6. The van der Waals surface area contributed by atoms with Gasteiger partial charge in [-0.3, -0.25) is 9.59 Å². The van der Waals surface area contributed by atoms with E-state index < -0.39 is 6.61 Å². The van der Waals surface area contributed by atoms with Crippen LogP contribution in [0.4, 0.5) is 0 Å². The summed E-state index contributed by atoms with van der Waals surface area (Å²) < 4.78 is 0. The normalized spacial score (nSPS) is 25.1. The van der Waals surface area contributed by atoms with Gasteiger partial charge in [-0.25, -0.2) is 0 Å². The van der Waals surface area contributed by atoms with Gasteiger partial charge in [-0.2, -0.15) is 0 Å². The second kappa shape index (κ2) is 6.75. The van der Waals surface area contributed by atoms with E-state index in [1.165, 1.54) is 0 Å². The van der Waals surface area contributed by atoms with Gasteiger partial charge in [-0.15, -0.1) is 0 Å². The van der Waals surface area contributed by atoms with Gasteiger partial charge in [0.15, 0.2) is 11.6 Å². The fourth-order valence-corrected chi connectivity index (χ4v) is 4.81. The summed E-state index contributed by atoms with van der Waals surface area (Å²) in [7, 11) is 0. The molecule has 0 saturated heterocycles. The van der Waals surface area contributed by atoms with Gasteiger partial charge in [0.1, 0.15) is 12.4 Å². The topological polar surface area (TPSA) is 74.6 Å². The van der Waals surface area contributed by atoms with E-state index in [1.807, 2.05) is 13.0 Å². The number of fused-ring (bicyclic) bond motifs is 3. The number of benzene rings is 1. The summed E-state index contributed by atoms with van der Waals surface area (Å²) in [6.07, 6.45) is 4.69. The lowest BCUT2D eigenvalue weighted by atomic mass is 9.63. The first-order chi connectivity index (χ1) is 11.9. The molecule has 1 aromatic rings. The van der Waals surface area contributed by atoms with Crippen LogP contribution in [0.3, 0.4) is 0 Å². The maximum atomic E-state index is 12.9. The van der Waals surface area contributed by atoms with Crippen molar-refractivity contribution in [1.82, 2.24) is 0 Å². The predicted molar refractivity (Wildman–Crippen MR) is 96.2 cm³/mol. The Balaban J connectivity index is 2.07. The number of hydrogen-bond acceptors (Lipinski definition) is 4. The van der Waals surface area contributed by atoms with E-state index in [1.54, 1.807) is 12.1 Å². The van der Waals surface area contributed by atoms with E-state index in [-0.39, 0.29) is 35.1 Å². The molecule has 0 saturated carbocycles. The monoisotopic (exact) mass is 342 g/mol. The zero-order chi connectivity index (χ0) is 18.2. The number of aliphatic hydroxyl groups excluding tert-OH is 1. The zero-order valence-corrected chi connectivity index (χ0v) is 15.0. The van der Waals surface area contributed by atoms with Crippen LogP contribution in [0.15, 0.2) is 23.8 Å². The number of ketones is 2. The number of carbonyl (C=O) groups is 2. The van der Waals surface area contributed by atoms with Crippen LogP contribution in [0.2, 0.25) is 0 Å². The Labute approximate surface area is 148 Å². The minimum Gasteiger partial charge on any atom is -0.508 e. The van der Waals surface area contributed by atoms with Crippen LogP contribution in [0.5, 0.6) is 5.75 Å². The van der Waals surface area contributed by atoms with Gasteiger partial charge in [0, 0.05) is 17.8 Å². The molecule has 0 fully saturated rings. The third-order valence-corrected chi connectivity index (χ3v) is 5.83. The van der Waals surface area contributed by atoms with Crippen molar-refractivity contribution in [2.45, 2.75) is 52.4 Å². The van der Waals surface area contributed by atoms with Crippen LogP contribution in [-0.2, 0) is 16.0 Å². The average molecular weight is 342 g/mol. The summed E-state index contributed by atoms with van der Waals surface area (Å²) in [4.78, 5) is 24.6. The first kappa shape index (κ1) is 17.9. The number of hydrogen-bond donors (Lipinski definition) is 2. The molecule has 2 N–H and O–H groups in total. The highest BCUT2D eigenvalue weighted by Gasteiger charge is 2.49. The maximum Gasteiger partial charge on any atom is 0.162 e. The second-order valence-corrected chi connectivity index (χ2v) is 7.57. The smallest absolute Gasteiger partial charge is 0.162 e. The maximum absolute atomic E-state index is 12.9. The molecule has 1 aromatic carbocycles. The van der Waals surface area contributed by atoms with Crippen LogP contribution in [0.1, 0.15) is 57.1 Å². The summed E-state index contributed by atoms with van der Waals surface area (Å²) in [5.41, 5.74) is 3.90. The molecule has 0 bridgehead atoms. The molecule has 4 heteroatoms. The third-order valence-electron chi connectivity index (χ3n) is 5.83. The summed E-state index contributed by atoms with van der Waals surface area (Å²) >= 11 is 0. The van der Waals surface area contributed by atoms with Crippen molar-refractivity contribution < 1.29 is 19.8 Å².